The van der Waals surface area contributed by atoms with Gasteiger partial charge in [-0.05, 0) is 66.1 Å². The summed E-state index contributed by atoms with van der Waals surface area (Å²) in [5, 5.41) is 2.93. The van der Waals surface area contributed by atoms with Crippen molar-refractivity contribution in [3.05, 3.63) is 40.1 Å². The van der Waals surface area contributed by atoms with Gasteiger partial charge in [0.2, 0.25) is 0 Å². The summed E-state index contributed by atoms with van der Waals surface area (Å²) in [4.78, 5) is 12.1. The molecule has 1 aliphatic rings. The lowest BCUT2D eigenvalue weighted by molar-refractivity contribution is 0.00578. The molecule has 0 aliphatic carbocycles. The second kappa shape index (κ2) is 8.05. The van der Waals surface area contributed by atoms with E-state index in [1.54, 1.807) is 32.9 Å². The summed E-state index contributed by atoms with van der Waals surface area (Å²) < 4.78 is 31.7. The van der Waals surface area contributed by atoms with E-state index in [0.717, 1.165) is 0 Å². The number of benzene rings is 1. The zero-order chi connectivity index (χ0) is 21.3. The number of carbonyl (C=O) groups is 1. The Morgan fingerprint density at radius 3 is 2.32 bits per heavy atom. The first-order valence-electron chi connectivity index (χ1n) is 9.19. The number of hydrogen-bond donors (Lipinski definition) is 1. The van der Waals surface area contributed by atoms with Crippen LogP contribution < -0.4 is 5.32 Å². The van der Waals surface area contributed by atoms with Crippen LogP contribution in [-0.2, 0) is 14.0 Å². The second-order valence-corrected chi connectivity index (χ2v) is 9.21. The van der Waals surface area contributed by atoms with Gasteiger partial charge in [-0.15, -0.1) is 0 Å². The Bertz CT molecular complexity index is 738. The molecular formula is C20H28BClFNO4. The van der Waals surface area contributed by atoms with Gasteiger partial charge in [-0.25, -0.2) is 9.18 Å². The number of carbonyl (C=O) groups excluding carboxylic acids is 1. The Kier molecular flexibility index (Phi) is 6.53. The monoisotopic (exact) mass is 411 g/mol. The van der Waals surface area contributed by atoms with Gasteiger partial charge in [0, 0.05) is 12.1 Å². The van der Waals surface area contributed by atoms with Crippen LogP contribution in [0.2, 0.25) is 5.02 Å². The van der Waals surface area contributed by atoms with Gasteiger partial charge in [0.1, 0.15) is 11.4 Å². The SMILES string of the molecule is CC(C)(C)OC(=O)NCC(=Cc1c(F)cccc1Cl)B1OC(C)(C)C(C)(C)O1. The van der Waals surface area contributed by atoms with Crippen molar-refractivity contribution in [2.45, 2.75) is 65.3 Å². The molecule has 0 bridgehead atoms. The summed E-state index contributed by atoms with van der Waals surface area (Å²) in [6.45, 7) is 13.1. The summed E-state index contributed by atoms with van der Waals surface area (Å²) >= 11 is 6.16. The van der Waals surface area contributed by atoms with E-state index in [2.05, 4.69) is 5.32 Å². The second-order valence-electron chi connectivity index (χ2n) is 8.80. The third-order valence-electron chi connectivity index (χ3n) is 4.72. The van der Waals surface area contributed by atoms with Crippen molar-refractivity contribution in [3.63, 3.8) is 0 Å². The molecule has 1 heterocycles. The third kappa shape index (κ3) is 5.49. The first kappa shape index (κ1) is 22.7. The van der Waals surface area contributed by atoms with Crippen molar-refractivity contribution in [1.29, 1.82) is 0 Å². The van der Waals surface area contributed by atoms with Crippen molar-refractivity contribution < 1.29 is 23.2 Å². The van der Waals surface area contributed by atoms with E-state index in [0.29, 0.717) is 5.47 Å². The normalized spacial score (nSPS) is 18.9. The third-order valence-corrected chi connectivity index (χ3v) is 5.05. The molecule has 5 nitrogen and oxygen atoms in total. The largest absolute Gasteiger partial charge is 0.492 e. The highest BCUT2D eigenvalue weighted by atomic mass is 35.5. The van der Waals surface area contributed by atoms with Gasteiger partial charge in [-0.2, -0.15) is 0 Å². The van der Waals surface area contributed by atoms with Gasteiger partial charge in [0.15, 0.2) is 0 Å². The van der Waals surface area contributed by atoms with Crippen molar-refractivity contribution in [3.8, 4) is 0 Å². The number of ether oxygens (including phenoxy) is 1. The fraction of sp³-hybridized carbons (Fsp3) is 0.550. The average Bonchev–Trinajstić information content (AvgIpc) is 2.72. The molecule has 0 saturated carbocycles. The molecule has 1 amide bonds. The van der Waals surface area contributed by atoms with Gasteiger partial charge in [0.05, 0.1) is 16.2 Å². The molecule has 1 N–H and O–H groups in total. The zero-order valence-corrected chi connectivity index (χ0v) is 18.2. The molecule has 1 aliphatic heterocycles. The molecule has 1 fully saturated rings. The maximum atomic E-state index is 14.3. The molecule has 0 atom stereocenters. The standard InChI is InChI=1S/C20H28BClFNO4/c1-18(2,3)26-17(25)24-12-13(11-14-15(22)9-8-10-16(14)23)21-27-19(4,5)20(6,7)28-21/h8-11H,12H2,1-7H3,(H,24,25). The van der Waals surface area contributed by atoms with E-state index >= 15 is 0 Å². The average molecular weight is 412 g/mol. The number of alkyl carbamates (subject to hydrolysis) is 1. The van der Waals surface area contributed by atoms with E-state index < -0.39 is 35.8 Å². The van der Waals surface area contributed by atoms with Crippen LogP contribution in [0.3, 0.4) is 0 Å². The molecule has 154 valence electrons. The van der Waals surface area contributed by atoms with Crippen LogP contribution in [0, 0.1) is 5.82 Å². The Morgan fingerprint density at radius 1 is 1.25 bits per heavy atom. The van der Waals surface area contributed by atoms with Gasteiger partial charge >= 0.3 is 13.2 Å². The van der Waals surface area contributed by atoms with Gasteiger partial charge in [-0.3, -0.25) is 0 Å². The minimum Gasteiger partial charge on any atom is -0.444 e. The quantitative estimate of drug-likeness (QED) is 0.707. The summed E-state index contributed by atoms with van der Waals surface area (Å²) in [6.07, 6.45) is 0.964. The van der Waals surface area contributed by atoms with Crippen molar-refractivity contribution in [2.75, 3.05) is 6.54 Å². The summed E-state index contributed by atoms with van der Waals surface area (Å²) in [5.41, 5.74) is -1.06. The predicted molar refractivity (Wildman–Crippen MR) is 110 cm³/mol. The molecule has 0 spiro atoms. The highest BCUT2D eigenvalue weighted by Crippen LogP contribution is 2.39. The molecule has 1 aromatic carbocycles. The van der Waals surface area contributed by atoms with Crippen LogP contribution in [0.25, 0.3) is 6.08 Å². The zero-order valence-electron chi connectivity index (χ0n) is 17.5. The van der Waals surface area contributed by atoms with Gasteiger partial charge in [-0.1, -0.05) is 23.7 Å². The Hall–Kier alpha value is -1.57. The molecule has 28 heavy (non-hydrogen) atoms. The number of nitrogens with one attached hydrogen (secondary N) is 1. The number of hydrogen-bond acceptors (Lipinski definition) is 4. The first-order valence-corrected chi connectivity index (χ1v) is 9.57. The van der Waals surface area contributed by atoms with Crippen LogP contribution in [0.1, 0.15) is 54.0 Å². The topological polar surface area (TPSA) is 56.8 Å². The lowest BCUT2D eigenvalue weighted by atomic mass is 9.77. The van der Waals surface area contributed by atoms with E-state index in [9.17, 15) is 9.18 Å². The van der Waals surface area contributed by atoms with Crippen LogP contribution >= 0.6 is 11.6 Å². The first-order chi connectivity index (χ1) is 12.7. The molecule has 1 saturated heterocycles. The van der Waals surface area contributed by atoms with Crippen LogP contribution in [-0.4, -0.2) is 36.6 Å². The predicted octanol–water partition coefficient (Wildman–Crippen LogP) is 5.02. The Morgan fingerprint density at radius 2 is 1.82 bits per heavy atom. The van der Waals surface area contributed by atoms with Crippen LogP contribution in [0.5, 0.6) is 0 Å². The van der Waals surface area contributed by atoms with Crippen molar-refractivity contribution in [1.82, 2.24) is 5.32 Å². The summed E-state index contributed by atoms with van der Waals surface area (Å²) in [5.74, 6) is -0.473. The molecule has 0 radical (unpaired) electrons. The minimum atomic E-state index is -0.768. The smallest absolute Gasteiger partial charge is 0.444 e. The van der Waals surface area contributed by atoms with Crippen LogP contribution in [0.15, 0.2) is 23.7 Å². The van der Waals surface area contributed by atoms with E-state index in [1.165, 1.54) is 12.1 Å². The maximum absolute atomic E-state index is 14.3. The highest BCUT2D eigenvalue weighted by molar-refractivity contribution is 6.56. The maximum Gasteiger partial charge on any atom is 0.492 e. The van der Waals surface area contributed by atoms with E-state index in [1.807, 2.05) is 27.7 Å². The number of halogens is 2. The lowest BCUT2D eigenvalue weighted by Gasteiger charge is -2.32. The fourth-order valence-corrected chi connectivity index (χ4v) is 2.74. The highest BCUT2D eigenvalue weighted by Gasteiger charge is 2.52. The molecule has 0 aromatic heterocycles. The van der Waals surface area contributed by atoms with Gasteiger partial charge in [0.25, 0.3) is 0 Å². The summed E-state index contributed by atoms with van der Waals surface area (Å²) in [6, 6.07) is 4.45. The fourth-order valence-electron chi connectivity index (χ4n) is 2.52. The minimum absolute atomic E-state index is 0.0520. The molecular weight excluding hydrogens is 383 g/mol. The molecule has 1 aromatic rings. The van der Waals surface area contributed by atoms with E-state index in [4.69, 9.17) is 25.6 Å². The Balaban J connectivity index is 2.32. The number of amides is 1. The van der Waals surface area contributed by atoms with Crippen LogP contribution in [0.4, 0.5) is 9.18 Å². The number of rotatable bonds is 4. The van der Waals surface area contributed by atoms with Crippen molar-refractivity contribution >= 4 is 30.9 Å². The molecule has 2 rings (SSSR count). The van der Waals surface area contributed by atoms with Gasteiger partial charge < -0.3 is 19.4 Å². The van der Waals surface area contributed by atoms with E-state index in [-0.39, 0.29) is 17.1 Å². The Labute approximate surface area is 171 Å². The molecule has 8 heteroatoms. The van der Waals surface area contributed by atoms with Crippen molar-refractivity contribution in [2.24, 2.45) is 0 Å². The lowest BCUT2D eigenvalue weighted by Crippen LogP contribution is -2.41. The summed E-state index contributed by atoms with van der Waals surface area (Å²) in [7, 11) is -0.768. The molecule has 0 unspecified atom stereocenters.